The summed E-state index contributed by atoms with van der Waals surface area (Å²) in [7, 11) is 0. The summed E-state index contributed by atoms with van der Waals surface area (Å²) in [6.07, 6.45) is 0.834. The molecule has 0 heterocycles. The smallest absolute Gasteiger partial charge is 0.125 e. The molecule has 0 bridgehead atoms. The van der Waals surface area contributed by atoms with Gasteiger partial charge >= 0.3 is 0 Å². The maximum absolute atomic E-state index is 5.90. The molecule has 0 aliphatic heterocycles. The molecule has 2 rings (SSSR count). The predicted molar refractivity (Wildman–Crippen MR) is 76.0 cm³/mol. The van der Waals surface area contributed by atoms with E-state index in [1.807, 2.05) is 30.3 Å². The Kier molecular flexibility index (Phi) is 3.88. The molecule has 18 heavy (non-hydrogen) atoms. The van der Waals surface area contributed by atoms with Crippen LogP contribution < -0.4 is 10.5 Å². The van der Waals surface area contributed by atoms with E-state index in [0.29, 0.717) is 6.61 Å². The van der Waals surface area contributed by atoms with Gasteiger partial charge in [-0.05, 0) is 36.6 Å². The van der Waals surface area contributed by atoms with E-state index >= 15 is 0 Å². The second-order valence-electron chi connectivity index (χ2n) is 4.52. The van der Waals surface area contributed by atoms with Crippen LogP contribution in [0.15, 0.2) is 42.5 Å². The molecule has 0 saturated carbocycles. The number of hydrogen-bond donors (Lipinski definition) is 1. The van der Waals surface area contributed by atoms with Gasteiger partial charge in [0.2, 0.25) is 0 Å². The molecular formula is C16H19NO. The van der Waals surface area contributed by atoms with Crippen LogP contribution in [0.5, 0.6) is 5.75 Å². The second kappa shape index (κ2) is 5.58. The summed E-state index contributed by atoms with van der Waals surface area (Å²) in [6, 6.07) is 14.1. The van der Waals surface area contributed by atoms with Crippen LogP contribution in [0.3, 0.4) is 0 Å². The molecule has 2 nitrogen and oxygen atoms in total. The molecule has 2 heteroatoms. The topological polar surface area (TPSA) is 35.2 Å². The Hall–Kier alpha value is -1.96. The average molecular weight is 241 g/mol. The van der Waals surface area contributed by atoms with Crippen molar-refractivity contribution in [3.05, 3.63) is 59.2 Å². The monoisotopic (exact) mass is 241 g/mol. The van der Waals surface area contributed by atoms with E-state index in [0.717, 1.165) is 23.4 Å². The van der Waals surface area contributed by atoms with Gasteiger partial charge in [0.05, 0.1) is 6.61 Å². The molecule has 0 atom stereocenters. The lowest BCUT2D eigenvalue weighted by atomic mass is 10.1. The number of aryl methyl sites for hydroxylation is 2. The van der Waals surface area contributed by atoms with E-state index in [9.17, 15) is 0 Å². The Morgan fingerprint density at radius 1 is 0.944 bits per heavy atom. The zero-order valence-corrected chi connectivity index (χ0v) is 10.9. The third-order valence-corrected chi connectivity index (χ3v) is 3.08. The van der Waals surface area contributed by atoms with Crippen molar-refractivity contribution in [2.24, 2.45) is 0 Å². The van der Waals surface area contributed by atoms with Crippen LogP contribution in [-0.2, 0) is 6.42 Å². The highest BCUT2D eigenvalue weighted by Gasteiger charge is 2.04. The zero-order valence-electron chi connectivity index (χ0n) is 10.9. The number of hydrogen-bond acceptors (Lipinski definition) is 2. The summed E-state index contributed by atoms with van der Waals surface area (Å²) < 4.78 is 5.87. The number of nitrogens with two attached hydrogens (primary N) is 1. The SMILES string of the molecule is Cc1cccc(C)c1OCCc1ccccc1N. The van der Waals surface area contributed by atoms with Gasteiger partial charge in [-0.1, -0.05) is 36.4 Å². The van der Waals surface area contributed by atoms with Crippen LogP contribution in [-0.4, -0.2) is 6.61 Å². The summed E-state index contributed by atoms with van der Waals surface area (Å²) in [5.74, 6) is 0.993. The van der Waals surface area contributed by atoms with Crippen LogP contribution in [0.4, 0.5) is 5.69 Å². The Morgan fingerprint density at radius 2 is 1.61 bits per heavy atom. The van der Waals surface area contributed by atoms with Crippen molar-refractivity contribution < 1.29 is 4.74 Å². The van der Waals surface area contributed by atoms with E-state index in [-0.39, 0.29) is 0 Å². The van der Waals surface area contributed by atoms with Crippen molar-refractivity contribution in [3.8, 4) is 5.75 Å². The first-order valence-corrected chi connectivity index (χ1v) is 6.21. The van der Waals surface area contributed by atoms with Crippen molar-refractivity contribution in [1.82, 2.24) is 0 Å². The number of rotatable bonds is 4. The van der Waals surface area contributed by atoms with Gasteiger partial charge in [0.15, 0.2) is 0 Å². The summed E-state index contributed by atoms with van der Waals surface area (Å²) in [5.41, 5.74) is 10.2. The minimum Gasteiger partial charge on any atom is -0.493 e. The molecular weight excluding hydrogens is 222 g/mol. The minimum atomic E-state index is 0.653. The zero-order chi connectivity index (χ0) is 13.0. The summed E-state index contributed by atoms with van der Waals surface area (Å²) >= 11 is 0. The van der Waals surface area contributed by atoms with Crippen molar-refractivity contribution in [3.63, 3.8) is 0 Å². The predicted octanol–water partition coefficient (Wildman–Crippen LogP) is 3.51. The summed E-state index contributed by atoms with van der Waals surface area (Å²) in [4.78, 5) is 0. The van der Waals surface area contributed by atoms with E-state index in [1.165, 1.54) is 11.1 Å². The van der Waals surface area contributed by atoms with Crippen molar-refractivity contribution >= 4 is 5.69 Å². The standard InChI is InChI=1S/C16H19NO/c1-12-6-5-7-13(2)16(12)18-11-10-14-8-3-4-9-15(14)17/h3-9H,10-11,17H2,1-2H3. The molecule has 0 spiro atoms. The van der Waals surface area contributed by atoms with Gasteiger partial charge in [-0.2, -0.15) is 0 Å². The van der Waals surface area contributed by atoms with Crippen molar-refractivity contribution in [1.29, 1.82) is 0 Å². The third kappa shape index (κ3) is 2.83. The van der Waals surface area contributed by atoms with Crippen LogP contribution in [0.2, 0.25) is 0 Å². The fraction of sp³-hybridized carbons (Fsp3) is 0.250. The highest BCUT2D eigenvalue weighted by atomic mass is 16.5. The molecule has 0 aromatic heterocycles. The lowest BCUT2D eigenvalue weighted by molar-refractivity contribution is 0.318. The molecule has 0 radical (unpaired) electrons. The number of anilines is 1. The fourth-order valence-corrected chi connectivity index (χ4v) is 2.05. The fourth-order valence-electron chi connectivity index (χ4n) is 2.05. The van der Waals surface area contributed by atoms with Gasteiger partial charge in [-0.15, -0.1) is 0 Å². The van der Waals surface area contributed by atoms with Crippen molar-refractivity contribution in [2.75, 3.05) is 12.3 Å². The Morgan fingerprint density at radius 3 is 2.28 bits per heavy atom. The first-order valence-electron chi connectivity index (χ1n) is 6.21. The molecule has 2 aromatic rings. The summed E-state index contributed by atoms with van der Waals surface area (Å²) in [5, 5.41) is 0. The molecule has 2 N–H and O–H groups in total. The molecule has 0 amide bonds. The first kappa shape index (κ1) is 12.5. The first-order chi connectivity index (χ1) is 8.68. The molecule has 0 saturated heterocycles. The normalized spacial score (nSPS) is 10.3. The van der Waals surface area contributed by atoms with E-state index in [4.69, 9.17) is 10.5 Å². The Balaban J connectivity index is 1.99. The quantitative estimate of drug-likeness (QED) is 0.831. The van der Waals surface area contributed by atoms with E-state index in [2.05, 4.69) is 26.0 Å². The van der Waals surface area contributed by atoms with Gasteiger partial charge < -0.3 is 10.5 Å². The minimum absolute atomic E-state index is 0.653. The largest absolute Gasteiger partial charge is 0.493 e. The molecule has 0 unspecified atom stereocenters. The Bertz CT molecular complexity index is 514. The van der Waals surface area contributed by atoms with Gasteiger partial charge in [-0.25, -0.2) is 0 Å². The average Bonchev–Trinajstić information content (AvgIpc) is 2.35. The number of ether oxygens (including phenoxy) is 1. The van der Waals surface area contributed by atoms with Crippen molar-refractivity contribution in [2.45, 2.75) is 20.3 Å². The van der Waals surface area contributed by atoms with E-state index < -0.39 is 0 Å². The molecule has 0 aliphatic carbocycles. The molecule has 94 valence electrons. The molecule has 0 fully saturated rings. The lowest BCUT2D eigenvalue weighted by Crippen LogP contribution is -2.05. The molecule has 2 aromatic carbocycles. The molecule has 0 aliphatic rings. The number of benzene rings is 2. The highest BCUT2D eigenvalue weighted by molar-refractivity contribution is 5.46. The van der Waals surface area contributed by atoms with Crippen LogP contribution in [0.25, 0.3) is 0 Å². The maximum atomic E-state index is 5.90. The van der Waals surface area contributed by atoms with E-state index in [1.54, 1.807) is 0 Å². The lowest BCUT2D eigenvalue weighted by Gasteiger charge is -2.12. The highest BCUT2D eigenvalue weighted by Crippen LogP contribution is 2.22. The number of nitrogen functional groups attached to an aromatic ring is 1. The van der Waals surface area contributed by atoms with Gasteiger partial charge in [0.1, 0.15) is 5.75 Å². The van der Waals surface area contributed by atoms with Gasteiger partial charge in [0, 0.05) is 12.1 Å². The second-order valence-corrected chi connectivity index (χ2v) is 4.52. The van der Waals surface area contributed by atoms with Crippen LogP contribution >= 0.6 is 0 Å². The van der Waals surface area contributed by atoms with Crippen LogP contribution in [0, 0.1) is 13.8 Å². The summed E-state index contributed by atoms with van der Waals surface area (Å²) in [6.45, 7) is 4.79. The van der Waals surface area contributed by atoms with Gasteiger partial charge in [-0.3, -0.25) is 0 Å². The van der Waals surface area contributed by atoms with Crippen LogP contribution in [0.1, 0.15) is 16.7 Å². The van der Waals surface area contributed by atoms with Gasteiger partial charge in [0.25, 0.3) is 0 Å². The maximum Gasteiger partial charge on any atom is 0.125 e. The third-order valence-electron chi connectivity index (χ3n) is 3.08. The number of para-hydroxylation sites is 2. The Labute approximate surface area is 108 Å².